The van der Waals surface area contributed by atoms with Crippen LogP contribution in [0.15, 0.2) is 12.3 Å². The van der Waals surface area contributed by atoms with Gasteiger partial charge in [0.05, 0.1) is 5.52 Å². The van der Waals surface area contributed by atoms with E-state index in [1.54, 1.807) is 0 Å². The molecule has 19 heavy (non-hydrogen) atoms. The van der Waals surface area contributed by atoms with Crippen molar-refractivity contribution in [2.75, 3.05) is 0 Å². The summed E-state index contributed by atoms with van der Waals surface area (Å²) in [5, 5.41) is 0. The van der Waals surface area contributed by atoms with Gasteiger partial charge >= 0.3 is 0 Å². The van der Waals surface area contributed by atoms with Crippen LogP contribution in [0, 0.1) is 11.7 Å². The van der Waals surface area contributed by atoms with Crippen LogP contribution in [-0.4, -0.2) is 14.5 Å². The normalized spacial score (nSPS) is 18.4. The first-order valence-corrected chi connectivity index (χ1v) is 7.73. The van der Waals surface area contributed by atoms with Crippen LogP contribution in [0.25, 0.3) is 11.2 Å². The Morgan fingerprint density at radius 3 is 2.63 bits per heavy atom. The topological polar surface area (TPSA) is 33.6 Å². The molecule has 2 aromatic rings. The maximum Gasteiger partial charge on any atom is 0.179 e. The Kier molecular flexibility index (Phi) is 3.69. The number of hydrogen-bond donors (Lipinski definition) is 1. The molecule has 0 spiro atoms. The third kappa shape index (κ3) is 2.59. The van der Waals surface area contributed by atoms with Gasteiger partial charge in [-0.15, -0.1) is 0 Å². The van der Waals surface area contributed by atoms with Crippen LogP contribution in [-0.2, 0) is 0 Å². The second-order valence-electron chi connectivity index (χ2n) is 5.68. The van der Waals surface area contributed by atoms with Crippen LogP contribution >= 0.6 is 12.2 Å². The highest BCUT2D eigenvalue weighted by molar-refractivity contribution is 7.71. The molecule has 1 saturated carbocycles. The third-order valence-electron chi connectivity index (χ3n) is 4.13. The smallest absolute Gasteiger partial charge is 0.179 e. The Morgan fingerprint density at radius 1 is 1.21 bits per heavy atom. The van der Waals surface area contributed by atoms with Crippen molar-refractivity contribution in [3.63, 3.8) is 0 Å². The minimum absolute atomic E-state index is 0.525. The lowest BCUT2D eigenvalue weighted by molar-refractivity contribution is 0.374. The van der Waals surface area contributed by atoms with Crippen LogP contribution in [0.1, 0.15) is 56.6 Å². The molecule has 0 bridgehead atoms. The van der Waals surface area contributed by atoms with Crippen molar-refractivity contribution in [3.8, 4) is 0 Å². The van der Waals surface area contributed by atoms with Gasteiger partial charge < -0.3 is 4.98 Å². The Morgan fingerprint density at radius 2 is 1.89 bits per heavy atom. The van der Waals surface area contributed by atoms with E-state index in [-0.39, 0.29) is 0 Å². The molecule has 1 aliphatic rings. The minimum Gasteiger partial charge on any atom is -0.329 e. The molecule has 1 N–H and O–H groups in total. The SMILES string of the molecule is Cc1cnc2c(c1)[nH]c(=S)n2C1CCCCCCC1. The first kappa shape index (κ1) is 12.9. The molecule has 2 aromatic heterocycles. The number of nitrogens with one attached hydrogen (secondary N) is 1. The minimum atomic E-state index is 0.525. The van der Waals surface area contributed by atoms with Crippen LogP contribution in [0.5, 0.6) is 0 Å². The predicted molar refractivity (Wildman–Crippen MR) is 81.0 cm³/mol. The van der Waals surface area contributed by atoms with Crippen LogP contribution in [0.2, 0.25) is 0 Å². The van der Waals surface area contributed by atoms with Crippen molar-refractivity contribution in [2.45, 2.75) is 57.9 Å². The largest absolute Gasteiger partial charge is 0.329 e. The van der Waals surface area contributed by atoms with Crippen LogP contribution < -0.4 is 0 Å². The Balaban J connectivity index is 2.02. The van der Waals surface area contributed by atoms with Crippen molar-refractivity contribution in [3.05, 3.63) is 22.6 Å². The highest BCUT2D eigenvalue weighted by atomic mass is 32.1. The molecular weight excluding hydrogens is 254 g/mol. The summed E-state index contributed by atoms with van der Waals surface area (Å²) < 4.78 is 3.09. The summed E-state index contributed by atoms with van der Waals surface area (Å²) >= 11 is 5.52. The van der Waals surface area contributed by atoms with Gasteiger partial charge in [0.2, 0.25) is 0 Å². The Labute approximate surface area is 119 Å². The number of pyridine rings is 1. The fourth-order valence-electron chi connectivity index (χ4n) is 3.15. The van der Waals surface area contributed by atoms with E-state index < -0.39 is 0 Å². The molecule has 0 aliphatic heterocycles. The summed E-state index contributed by atoms with van der Waals surface area (Å²) in [4.78, 5) is 7.91. The highest BCUT2D eigenvalue weighted by Crippen LogP contribution is 2.29. The van der Waals surface area contributed by atoms with Gasteiger partial charge in [-0.05, 0) is 43.6 Å². The number of fused-ring (bicyclic) bond motifs is 1. The Bertz CT molecular complexity index is 618. The summed E-state index contributed by atoms with van der Waals surface area (Å²) in [6.07, 6.45) is 11.1. The van der Waals surface area contributed by atoms with Crippen LogP contribution in [0.3, 0.4) is 0 Å². The summed E-state index contributed by atoms with van der Waals surface area (Å²) in [5.41, 5.74) is 3.28. The second kappa shape index (κ2) is 5.45. The molecular formula is C15H21N3S. The summed E-state index contributed by atoms with van der Waals surface area (Å²) in [6.45, 7) is 2.07. The van der Waals surface area contributed by atoms with Crippen molar-refractivity contribution in [1.82, 2.24) is 14.5 Å². The Hall–Kier alpha value is -1.16. The first-order valence-electron chi connectivity index (χ1n) is 7.32. The van der Waals surface area contributed by atoms with E-state index in [1.165, 1.54) is 50.5 Å². The molecule has 0 radical (unpaired) electrons. The summed E-state index contributed by atoms with van der Waals surface area (Å²) in [6, 6.07) is 2.66. The molecule has 102 valence electrons. The third-order valence-corrected chi connectivity index (χ3v) is 4.43. The fraction of sp³-hybridized carbons (Fsp3) is 0.600. The van der Waals surface area contributed by atoms with Gasteiger partial charge in [0.15, 0.2) is 10.4 Å². The number of nitrogens with zero attached hydrogens (tertiary/aromatic N) is 2. The number of H-pyrrole nitrogens is 1. The molecule has 0 unspecified atom stereocenters. The zero-order valence-electron chi connectivity index (χ0n) is 11.5. The predicted octanol–water partition coefficient (Wildman–Crippen LogP) is 4.69. The molecule has 2 heterocycles. The van der Waals surface area contributed by atoms with Gasteiger partial charge in [0.25, 0.3) is 0 Å². The van der Waals surface area contributed by atoms with Crippen molar-refractivity contribution in [2.24, 2.45) is 0 Å². The number of imidazole rings is 1. The first-order chi connectivity index (χ1) is 9.25. The number of hydrogen-bond acceptors (Lipinski definition) is 2. The van der Waals surface area contributed by atoms with Crippen molar-refractivity contribution in [1.29, 1.82) is 0 Å². The molecule has 3 rings (SSSR count). The molecule has 0 amide bonds. The van der Waals surface area contributed by atoms with Gasteiger partial charge in [0, 0.05) is 12.2 Å². The zero-order valence-corrected chi connectivity index (χ0v) is 12.3. The van der Waals surface area contributed by atoms with Gasteiger partial charge in [0.1, 0.15) is 0 Å². The standard InChI is InChI=1S/C15H21N3S/c1-11-9-13-14(16-10-11)18(15(19)17-13)12-7-5-3-2-4-6-8-12/h9-10,12H,2-8H2,1H3,(H,17,19). The zero-order chi connectivity index (χ0) is 13.2. The molecule has 0 atom stereocenters. The lowest BCUT2D eigenvalue weighted by atomic mass is 9.96. The maximum absolute atomic E-state index is 5.52. The van der Waals surface area contributed by atoms with Gasteiger partial charge in [-0.2, -0.15) is 0 Å². The highest BCUT2D eigenvalue weighted by Gasteiger charge is 2.17. The van der Waals surface area contributed by atoms with E-state index in [0.717, 1.165) is 15.9 Å². The number of aromatic amines is 1. The van der Waals surface area contributed by atoms with Gasteiger partial charge in [-0.1, -0.05) is 32.1 Å². The number of rotatable bonds is 1. The van der Waals surface area contributed by atoms with E-state index in [0.29, 0.717) is 6.04 Å². The molecule has 1 fully saturated rings. The fourth-order valence-corrected chi connectivity index (χ4v) is 3.49. The lowest BCUT2D eigenvalue weighted by Gasteiger charge is -2.21. The van der Waals surface area contributed by atoms with E-state index in [2.05, 4.69) is 27.5 Å². The van der Waals surface area contributed by atoms with Crippen LogP contribution in [0.4, 0.5) is 0 Å². The average Bonchev–Trinajstić information content (AvgIpc) is 2.64. The molecule has 0 aromatic carbocycles. The van der Waals surface area contributed by atoms with Gasteiger partial charge in [-0.3, -0.25) is 4.57 Å². The monoisotopic (exact) mass is 275 g/mol. The lowest BCUT2D eigenvalue weighted by Crippen LogP contribution is -2.11. The summed E-state index contributed by atoms with van der Waals surface area (Å²) in [5.74, 6) is 0. The molecule has 4 heteroatoms. The average molecular weight is 275 g/mol. The molecule has 1 aliphatic carbocycles. The van der Waals surface area contributed by atoms with E-state index in [4.69, 9.17) is 12.2 Å². The second-order valence-corrected chi connectivity index (χ2v) is 6.07. The van der Waals surface area contributed by atoms with E-state index >= 15 is 0 Å². The van der Waals surface area contributed by atoms with E-state index in [1.807, 2.05) is 6.20 Å². The summed E-state index contributed by atoms with van der Waals surface area (Å²) in [7, 11) is 0. The van der Waals surface area contributed by atoms with Crippen molar-refractivity contribution >= 4 is 23.4 Å². The number of aromatic nitrogens is 3. The molecule has 3 nitrogen and oxygen atoms in total. The maximum atomic E-state index is 5.52. The van der Waals surface area contributed by atoms with Gasteiger partial charge in [-0.25, -0.2) is 4.98 Å². The molecule has 0 saturated heterocycles. The number of aryl methyl sites for hydroxylation is 1. The van der Waals surface area contributed by atoms with Crippen molar-refractivity contribution < 1.29 is 0 Å². The quantitative estimate of drug-likeness (QED) is 0.766. The van der Waals surface area contributed by atoms with E-state index in [9.17, 15) is 0 Å².